The molecule has 0 aromatic heterocycles. The van der Waals surface area contributed by atoms with Crippen LogP contribution in [0.5, 0.6) is 5.75 Å². The number of fused-ring (bicyclic) bond motifs is 1. The second kappa shape index (κ2) is 9.08. The molecule has 0 spiro atoms. The summed E-state index contributed by atoms with van der Waals surface area (Å²) < 4.78 is 10.7. The SMILES string of the molecule is C=CCNC(=O)C[C@@H]1COc2ccc(C(=O)NCCOC)cc2N1C. The highest BCUT2D eigenvalue weighted by Crippen LogP contribution is 2.34. The predicted octanol–water partition coefficient (Wildman–Crippen LogP) is 0.952. The molecule has 1 aliphatic heterocycles. The molecule has 1 atom stereocenters. The normalized spacial score (nSPS) is 15.8. The molecule has 0 unspecified atom stereocenters. The maximum absolute atomic E-state index is 12.2. The van der Waals surface area contributed by atoms with Crippen LogP contribution >= 0.6 is 0 Å². The number of nitrogens with zero attached hydrogens (tertiary/aromatic N) is 1. The van der Waals surface area contributed by atoms with Gasteiger partial charge in [-0.25, -0.2) is 0 Å². The van der Waals surface area contributed by atoms with Gasteiger partial charge >= 0.3 is 0 Å². The molecule has 1 heterocycles. The third-order valence-electron chi connectivity index (χ3n) is 4.04. The van der Waals surface area contributed by atoms with Gasteiger partial charge in [-0.3, -0.25) is 9.59 Å². The largest absolute Gasteiger partial charge is 0.489 e. The molecule has 136 valence electrons. The van der Waals surface area contributed by atoms with Crippen molar-refractivity contribution in [1.29, 1.82) is 0 Å². The van der Waals surface area contributed by atoms with Gasteiger partial charge in [0.2, 0.25) is 5.91 Å². The Bertz CT molecular complexity index is 633. The number of hydrogen-bond donors (Lipinski definition) is 2. The molecular formula is C18H25N3O4. The number of benzene rings is 1. The number of methoxy groups -OCH3 is 1. The first kappa shape index (κ1) is 18.8. The highest BCUT2D eigenvalue weighted by atomic mass is 16.5. The Kier molecular flexibility index (Phi) is 6.82. The van der Waals surface area contributed by atoms with Gasteiger partial charge in [-0.05, 0) is 18.2 Å². The summed E-state index contributed by atoms with van der Waals surface area (Å²) in [4.78, 5) is 26.1. The van der Waals surface area contributed by atoms with E-state index in [9.17, 15) is 9.59 Å². The molecule has 0 fully saturated rings. The number of hydrogen-bond acceptors (Lipinski definition) is 5. The van der Waals surface area contributed by atoms with Gasteiger partial charge in [-0.15, -0.1) is 6.58 Å². The molecule has 2 rings (SSSR count). The number of ether oxygens (including phenoxy) is 2. The van der Waals surface area contributed by atoms with Gasteiger partial charge in [0.15, 0.2) is 0 Å². The minimum atomic E-state index is -0.168. The number of rotatable bonds is 8. The van der Waals surface area contributed by atoms with E-state index >= 15 is 0 Å². The summed E-state index contributed by atoms with van der Waals surface area (Å²) in [6, 6.07) is 5.20. The van der Waals surface area contributed by atoms with Crippen LogP contribution in [0.15, 0.2) is 30.9 Å². The summed E-state index contributed by atoms with van der Waals surface area (Å²) in [5.74, 6) is 0.482. The first-order chi connectivity index (χ1) is 12.1. The molecular weight excluding hydrogens is 322 g/mol. The summed E-state index contributed by atoms with van der Waals surface area (Å²) in [6.07, 6.45) is 1.96. The van der Waals surface area contributed by atoms with Gasteiger partial charge in [-0.2, -0.15) is 0 Å². The van der Waals surface area contributed by atoms with Gasteiger partial charge in [0, 0.05) is 32.8 Å². The van der Waals surface area contributed by atoms with E-state index in [1.807, 2.05) is 11.9 Å². The van der Waals surface area contributed by atoms with E-state index in [1.54, 1.807) is 31.4 Å². The van der Waals surface area contributed by atoms with Crippen LogP contribution in [0, 0.1) is 0 Å². The van der Waals surface area contributed by atoms with Crippen molar-refractivity contribution >= 4 is 17.5 Å². The third-order valence-corrected chi connectivity index (χ3v) is 4.04. The van der Waals surface area contributed by atoms with Crippen LogP contribution in [0.3, 0.4) is 0 Å². The smallest absolute Gasteiger partial charge is 0.251 e. The average Bonchev–Trinajstić information content (AvgIpc) is 2.62. The van der Waals surface area contributed by atoms with Crippen molar-refractivity contribution in [3.05, 3.63) is 36.4 Å². The first-order valence-corrected chi connectivity index (χ1v) is 8.21. The third kappa shape index (κ3) is 4.96. The quantitative estimate of drug-likeness (QED) is 0.541. The lowest BCUT2D eigenvalue weighted by Gasteiger charge is -2.35. The maximum Gasteiger partial charge on any atom is 0.251 e. The van der Waals surface area contributed by atoms with Gasteiger partial charge in [-0.1, -0.05) is 6.08 Å². The van der Waals surface area contributed by atoms with Crippen molar-refractivity contribution in [3.63, 3.8) is 0 Å². The van der Waals surface area contributed by atoms with Crippen molar-refractivity contribution in [2.24, 2.45) is 0 Å². The average molecular weight is 347 g/mol. The lowest BCUT2D eigenvalue weighted by atomic mass is 10.1. The molecule has 0 aliphatic carbocycles. The summed E-state index contributed by atoms with van der Waals surface area (Å²) in [5.41, 5.74) is 1.34. The zero-order valence-corrected chi connectivity index (χ0v) is 14.7. The van der Waals surface area contributed by atoms with Crippen LogP contribution in [-0.2, 0) is 9.53 Å². The molecule has 2 amide bonds. The number of likely N-dealkylation sites (N-methyl/N-ethyl adjacent to an activating group) is 1. The fourth-order valence-electron chi connectivity index (χ4n) is 2.59. The van der Waals surface area contributed by atoms with Gasteiger partial charge in [0.25, 0.3) is 5.91 Å². The van der Waals surface area contributed by atoms with E-state index in [-0.39, 0.29) is 17.9 Å². The fraction of sp³-hybridized carbons (Fsp3) is 0.444. The van der Waals surface area contributed by atoms with Crippen LogP contribution in [0.2, 0.25) is 0 Å². The Morgan fingerprint density at radius 3 is 2.96 bits per heavy atom. The fourth-order valence-corrected chi connectivity index (χ4v) is 2.59. The zero-order chi connectivity index (χ0) is 18.2. The molecule has 0 radical (unpaired) electrons. The van der Waals surface area contributed by atoms with Crippen molar-refractivity contribution in [3.8, 4) is 5.75 Å². The lowest BCUT2D eigenvalue weighted by Crippen LogP contribution is -2.44. The van der Waals surface area contributed by atoms with Crippen LogP contribution < -0.4 is 20.3 Å². The van der Waals surface area contributed by atoms with Crippen LogP contribution in [0.1, 0.15) is 16.8 Å². The summed E-state index contributed by atoms with van der Waals surface area (Å²) in [5, 5.41) is 5.56. The molecule has 0 saturated heterocycles. The number of carbonyl (C=O) groups excluding carboxylic acids is 2. The topological polar surface area (TPSA) is 79.9 Å². The number of carbonyl (C=O) groups is 2. The summed E-state index contributed by atoms with van der Waals surface area (Å²) in [7, 11) is 3.49. The summed E-state index contributed by atoms with van der Waals surface area (Å²) in [6.45, 7) is 5.35. The summed E-state index contributed by atoms with van der Waals surface area (Å²) >= 11 is 0. The zero-order valence-electron chi connectivity index (χ0n) is 14.7. The molecule has 7 nitrogen and oxygen atoms in total. The molecule has 2 N–H and O–H groups in total. The Balaban J connectivity index is 2.06. The highest BCUT2D eigenvalue weighted by molar-refractivity contribution is 5.95. The minimum absolute atomic E-state index is 0.0581. The molecule has 1 aromatic carbocycles. The maximum atomic E-state index is 12.2. The van der Waals surface area contributed by atoms with E-state index < -0.39 is 0 Å². The Morgan fingerprint density at radius 1 is 1.44 bits per heavy atom. The lowest BCUT2D eigenvalue weighted by molar-refractivity contribution is -0.121. The standard InChI is InChI=1S/C18H25N3O4/c1-4-7-19-17(22)11-14-12-25-16-6-5-13(10-15(16)21(14)2)18(23)20-8-9-24-3/h4-6,10,14H,1,7-9,11-12H2,2-3H3,(H,19,22)(H,20,23)/t14-/m1/s1. The Morgan fingerprint density at radius 2 is 2.24 bits per heavy atom. The predicted molar refractivity (Wildman–Crippen MR) is 96.2 cm³/mol. The van der Waals surface area contributed by atoms with E-state index in [1.165, 1.54) is 0 Å². The van der Waals surface area contributed by atoms with Gasteiger partial charge in [0.05, 0.1) is 24.8 Å². The minimum Gasteiger partial charge on any atom is -0.489 e. The van der Waals surface area contributed by atoms with E-state index in [0.29, 0.717) is 44.0 Å². The van der Waals surface area contributed by atoms with E-state index in [2.05, 4.69) is 17.2 Å². The monoisotopic (exact) mass is 347 g/mol. The van der Waals surface area contributed by atoms with Crippen molar-refractivity contribution in [2.45, 2.75) is 12.5 Å². The van der Waals surface area contributed by atoms with Crippen molar-refractivity contribution < 1.29 is 19.1 Å². The van der Waals surface area contributed by atoms with E-state index in [4.69, 9.17) is 9.47 Å². The second-order valence-corrected chi connectivity index (χ2v) is 5.80. The Hall–Kier alpha value is -2.54. The van der Waals surface area contributed by atoms with Crippen LogP contribution in [0.4, 0.5) is 5.69 Å². The second-order valence-electron chi connectivity index (χ2n) is 5.80. The Labute approximate surface area is 148 Å². The molecule has 1 aromatic rings. The van der Waals surface area contributed by atoms with Crippen LogP contribution in [0.25, 0.3) is 0 Å². The van der Waals surface area contributed by atoms with Crippen molar-refractivity contribution in [1.82, 2.24) is 10.6 Å². The molecule has 0 bridgehead atoms. The molecule has 25 heavy (non-hydrogen) atoms. The number of anilines is 1. The van der Waals surface area contributed by atoms with Gasteiger partial charge < -0.3 is 25.0 Å². The van der Waals surface area contributed by atoms with E-state index in [0.717, 1.165) is 5.69 Å². The highest BCUT2D eigenvalue weighted by Gasteiger charge is 2.27. The molecule has 1 aliphatic rings. The van der Waals surface area contributed by atoms with Gasteiger partial charge in [0.1, 0.15) is 12.4 Å². The van der Waals surface area contributed by atoms with Crippen molar-refractivity contribution in [2.75, 3.05) is 45.4 Å². The first-order valence-electron chi connectivity index (χ1n) is 8.21. The number of nitrogens with one attached hydrogen (secondary N) is 2. The molecule has 7 heteroatoms. The van der Waals surface area contributed by atoms with Crippen LogP contribution in [-0.4, -0.2) is 58.3 Å². The molecule has 0 saturated carbocycles. The number of amides is 2.